The second kappa shape index (κ2) is 3.33. The third-order valence-electron chi connectivity index (χ3n) is 2.24. The van der Waals surface area contributed by atoms with Crippen molar-refractivity contribution in [2.45, 2.75) is 6.04 Å². The van der Waals surface area contributed by atoms with E-state index in [4.69, 9.17) is 5.26 Å². The summed E-state index contributed by atoms with van der Waals surface area (Å²) in [6, 6.07) is 6.25. The van der Waals surface area contributed by atoms with Gasteiger partial charge in [-0.3, -0.25) is 10.0 Å². The van der Waals surface area contributed by atoms with Crippen LogP contribution >= 0.6 is 0 Å². The average molecular weight is 205 g/mol. The van der Waals surface area contributed by atoms with E-state index < -0.39 is 17.0 Å². The number of carbonyl (C=O) groups is 1. The van der Waals surface area contributed by atoms with Gasteiger partial charge in [-0.1, -0.05) is 12.1 Å². The molecule has 0 spiro atoms. The van der Waals surface area contributed by atoms with Crippen LogP contribution in [-0.2, 0) is 4.79 Å². The van der Waals surface area contributed by atoms with E-state index in [1.54, 1.807) is 18.2 Å². The van der Waals surface area contributed by atoms with Crippen molar-refractivity contribution < 1.29 is 15.1 Å². The summed E-state index contributed by atoms with van der Waals surface area (Å²) >= 11 is 0. The Kier molecular flexibility index (Phi) is 2.13. The van der Waals surface area contributed by atoms with Crippen molar-refractivity contribution >= 4 is 17.3 Å². The Balaban J connectivity index is 2.58. The number of nitriles is 1. The number of amides is 1. The Morgan fingerprint density at radius 3 is 2.87 bits per heavy atom. The van der Waals surface area contributed by atoms with Crippen LogP contribution in [-0.4, -0.2) is 17.2 Å². The molecule has 0 saturated heterocycles. The van der Waals surface area contributed by atoms with Gasteiger partial charge in [0.05, 0.1) is 0 Å². The smallest absolute Gasteiger partial charge is 0.325 e. The van der Waals surface area contributed by atoms with E-state index in [9.17, 15) is 15.2 Å². The number of anilines is 1. The molecule has 0 radical (unpaired) electrons. The van der Waals surface area contributed by atoms with E-state index in [1.807, 2.05) is 0 Å². The number of benzene rings is 1. The molecule has 1 aromatic carbocycles. The molecule has 1 amide bonds. The number of hydroxylamine groups is 2. The first kappa shape index (κ1) is 9.61. The van der Waals surface area contributed by atoms with Gasteiger partial charge in [0.2, 0.25) is 0 Å². The van der Waals surface area contributed by atoms with Gasteiger partial charge in [-0.05, 0) is 6.07 Å². The Bertz CT molecular complexity index is 454. The number of hydrogen-bond donors (Lipinski definition) is 2. The van der Waals surface area contributed by atoms with Crippen molar-refractivity contribution in [3.05, 3.63) is 29.5 Å². The lowest BCUT2D eigenvalue weighted by molar-refractivity contribution is -0.786. The largest absolute Gasteiger partial charge is 0.627 e. The first-order chi connectivity index (χ1) is 7.16. The van der Waals surface area contributed by atoms with Crippen molar-refractivity contribution in [3.8, 4) is 6.07 Å². The van der Waals surface area contributed by atoms with Gasteiger partial charge >= 0.3 is 5.91 Å². The molecular weight excluding hydrogens is 198 g/mol. The number of hydrogen-bond acceptors (Lipinski definition) is 4. The van der Waals surface area contributed by atoms with E-state index in [0.29, 0.717) is 5.06 Å². The zero-order chi connectivity index (χ0) is 11.0. The van der Waals surface area contributed by atoms with Crippen molar-refractivity contribution in [2.75, 3.05) is 5.06 Å². The van der Waals surface area contributed by atoms with Gasteiger partial charge in [-0.2, -0.15) is 10.3 Å². The van der Waals surface area contributed by atoms with Gasteiger partial charge in [-0.15, -0.1) is 0 Å². The van der Waals surface area contributed by atoms with Crippen molar-refractivity contribution in [1.29, 1.82) is 5.26 Å². The SMILES string of the molecule is N#CC1C(=O)N(O)c2ccccc2[NH+]1[O-]. The minimum atomic E-state index is -1.44. The van der Waals surface area contributed by atoms with Crippen LogP contribution in [0.2, 0.25) is 0 Å². The van der Waals surface area contributed by atoms with Gasteiger partial charge in [0, 0.05) is 6.07 Å². The van der Waals surface area contributed by atoms with Gasteiger partial charge in [-0.25, -0.2) is 0 Å². The highest BCUT2D eigenvalue weighted by Gasteiger charge is 2.38. The molecule has 15 heavy (non-hydrogen) atoms. The average Bonchev–Trinajstić information content (AvgIpc) is 2.27. The Morgan fingerprint density at radius 1 is 1.53 bits per heavy atom. The van der Waals surface area contributed by atoms with Crippen molar-refractivity contribution in [1.82, 2.24) is 0 Å². The zero-order valence-corrected chi connectivity index (χ0v) is 7.54. The highest BCUT2D eigenvalue weighted by Crippen LogP contribution is 2.24. The van der Waals surface area contributed by atoms with E-state index in [2.05, 4.69) is 0 Å². The molecule has 1 aromatic rings. The fourth-order valence-electron chi connectivity index (χ4n) is 1.49. The molecule has 6 nitrogen and oxygen atoms in total. The summed E-state index contributed by atoms with van der Waals surface area (Å²) in [6.07, 6.45) is 0. The zero-order valence-electron chi connectivity index (χ0n) is 7.54. The first-order valence-electron chi connectivity index (χ1n) is 4.22. The van der Waals surface area contributed by atoms with Crippen LogP contribution in [0.25, 0.3) is 0 Å². The minimum absolute atomic E-state index is 0.124. The lowest BCUT2D eigenvalue weighted by atomic mass is 10.1. The number of quaternary nitrogens is 1. The molecule has 1 aliphatic heterocycles. The maximum atomic E-state index is 11.6. The minimum Gasteiger partial charge on any atom is -0.627 e. The van der Waals surface area contributed by atoms with Crippen LogP contribution in [0.3, 0.4) is 0 Å². The fraction of sp³-hybridized carbons (Fsp3) is 0.111. The van der Waals surface area contributed by atoms with E-state index in [1.165, 1.54) is 12.1 Å². The molecule has 2 unspecified atom stereocenters. The van der Waals surface area contributed by atoms with Gasteiger partial charge in [0.15, 0.2) is 5.69 Å². The van der Waals surface area contributed by atoms with Gasteiger partial charge in [0.25, 0.3) is 6.04 Å². The maximum absolute atomic E-state index is 11.6. The molecule has 0 saturated carbocycles. The summed E-state index contributed by atoms with van der Waals surface area (Å²) < 4.78 is 0. The third-order valence-corrected chi connectivity index (χ3v) is 2.24. The molecular formula is C9H7N3O3. The molecule has 2 N–H and O–H groups in total. The Hall–Kier alpha value is -1.94. The first-order valence-corrected chi connectivity index (χ1v) is 4.22. The molecule has 6 heteroatoms. The highest BCUT2D eigenvalue weighted by atomic mass is 16.5. The second-order valence-electron chi connectivity index (χ2n) is 3.09. The van der Waals surface area contributed by atoms with Crippen LogP contribution in [0.1, 0.15) is 0 Å². The third kappa shape index (κ3) is 1.27. The standard InChI is InChI=1S/C9H7N3O3/c10-5-8-9(13)12(15)7-4-2-1-3-6(7)11(8)14/h1-4,8,11,15H. The molecule has 2 rings (SSSR count). The molecule has 1 aliphatic rings. The molecule has 0 fully saturated rings. The molecule has 2 atom stereocenters. The molecule has 1 heterocycles. The summed E-state index contributed by atoms with van der Waals surface area (Å²) in [5.74, 6) is -0.902. The van der Waals surface area contributed by atoms with Crippen molar-refractivity contribution in [3.63, 3.8) is 0 Å². The highest BCUT2D eigenvalue weighted by molar-refractivity contribution is 5.99. The van der Waals surface area contributed by atoms with Crippen LogP contribution < -0.4 is 10.1 Å². The number of carbonyl (C=O) groups excluding carboxylic acids is 1. The maximum Gasteiger partial charge on any atom is 0.325 e. The molecule has 0 bridgehead atoms. The lowest BCUT2D eigenvalue weighted by Crippen LogP contribution is -3.09. The molecule has 0 aromatic heterocycles. The number of para-hydroxylation sites is 2. The summed E-state index contributed by atoms with van der Waals surface area (Å²) in [7, 11) is 0. The number of nitrogens with one attached hydrogen (secondary N) is 1. The van der Waals surface area contributed by atoms with E-state index >= 15 is 0 Å². The predicted molar refractivity (Wildman–Crippen MR) is 49.1 cm³/mol. The topological polar surface area (TPSA) is 91.8 Å². The van der Waals surface area contributed by atoms with Crippen LogP contribution in [0, 0.1) is 16.5 Å². The van der Waals surface area contributed by atoms with Crippen LogP contribution in [0.4, 0.5) is 11.4 Å². The lowest BCUT2D eigenvalue weighted by Gasteiger charge is -2.34. The molecule has 76 valence electrons. The fourth-order valence-corrected chi connectivity index (χ4v) is 1.49. The monoisotopic (exact) mass is 205 g/mol. The Morgan fingerprint density at radius 2 is 2.20 bits per heavy atom. The van der Waals surface area contributed by atoms with Crippen molar-refractivity contribution in [2.24, 2.45) is 0 Å². The Labute approximate surface area is 85.1 Å². The van der Waals surface area contributed by atoms with Gasteiger partial charge < -0.3 is 10.3 Å². The van der Waals surface area contributed by atoms with Crippen LogP contribution in [0.15, 0.2) is 24.3 Å². The number of fused-ring (bicyclic) bond motifs is 1. The summed E-state index contributed by atoms with van der Waals surface area (Å²) in [5, 5.41) is 29.5. The van der Waals surface area contributed by atoms with Gasteiger partial charge in [0.1, 0.15) is 11.8 Å². The molecule has 0 aliphatic carbocycles. The summed E-state index contributed by atoms with van der Waals surface area (Å²) in [5.41, 5.74) is 0.310. The number of nitrogens with zero attached hydrogens (tertiary/aromatic N) is 2. The normalized spacial score (nSPS) is 24.6. The second-order valence-corrected chi connectivity index (χ2v) is 3.09. The summed E-state index contributed by atoms with van der Waals surface area (Å²) in [6.45, 7) is 0. The van der Waals surface area contributed by atoms with E-state index in [0.717, 1.165) is 0 Å². The predicted octanol–water partition coefficient (Wildman–Crippen LogP) is -0.671. The number of rotatable bonds is 0. The van der Waals surface area contributed by atoms with E-state index in [-0.39, 0.29) is 11.4 Å². The van der Waals surface area contributed by atoms with Crippen LogP contribution in [0.5, 0.6) is 0 Å². The quantitative estimate of drug-likeness (QED) is 0.434. The summed E-state index contributed by atoms with van der Waals surface area (Å²) in [4.78, 5) is 11.4.